The van der Waals surface area contributed by atoms with Gasteiger partial charge in [0.1, 0.15) is 5.60 Å². The van der Waals surface area contributed by atoms with Crippen molar-refractivity contribution in [1.29, 1.82) is 0 Å². The molecule has 1 aromatic carbocycles. The lowest BCUT2D eigenvalue weighted by molar-refractivity contribution is -0.0431. The Bertz CT molecular complexity index is 452. The molecule has 0 radical (unpaired) electrons. The Kier molecular flexibility index (Phi) is 2.63. The Morgan fingerprint density at radius 2 is 1.83 bits per heavy atom. The molecule has 5 heteroatoms. The number of nitrogens with two attached hydrogens (primary N) is 1. The first-order chi connectivity index (χ1) is 8.69. The lowest BCUT2D eigenvalue weighted by Gasteiger charge is -2.30. The van der Waals surface area contributed by atoms with Gasteiger partial charge < -0.3 is 15.2 Å². The standard InChI is InChI=1S/C13H16N2O3/c14-10-1-3-11(4-2-10)15-9-13(18-12(15)16)5-7-17-8-6-13/h1-4H,5-9,14H2. The van der Waals surface area contributed by atoms with Crippen molar-refractivity contribution in [3.63, 3.8) is 0 Å². The zero-order valence-corrected chi connectivity index (χ0v) is 10.1. The average molecular weight is 248 g/mol. The fourth-order valence-electron chi connectivity index (χ4n) is 2.48. The summed E-state index contributed by atoms with van der Waals surface area (Å²) < 4.78 is 10.9. The van der Waals surface area contributed by atoms with Gasteiger partial charge >= 0.3 is 6.09 Å². The van der Waals surface area contributed by atoms with Crippen LogP contribution in [0.2, 0.25) is 0 Å². The van der Waals surface area contributed by atoms with Gasteiger partial charge in [-0.15, -0.1) is 0 Å². The topological polar surface area (TPSA) is 64.8 Å². The van der Waals surface area contributed by atoms with Crippen molar-refractivity contribution in [1.82, 2.24) is 0 Å². The maximum atomic E-state index is 12.0. The normalized spacial score (nSPS) is 22.2. The highest BCUT2D eigenvalue weighted by atomic mass is 16.6. The van der Waals surface area contributed by atoms with Crippen molar-refractivity contribution in [3.8, 4) is 0 Å². The van der Waals surface area contributed by atoms with Gasteiger partial charge in [-0.25, -0.2) is 4.79 Å². The molecule has 0 aromatic heterocycles. The Hall–Kier alpha value is -1.75. The average Bonchev–Trinajstić information content (AvgIpc) is 2.68. The second-order valence-electron chi connectivity index (χ2n) is 4.84. The van der Waals surface area contributed by atoms with E-state index in [0.717, 1.165) is 18.5 Å². The smallest absolute Gasteiger partial charge is 0.415 e. The van der Waals surface area contributed by atoms with Crippen LogP contribution in [-0.2, 0) is 9.47 Å². The summed E-state index contributed by atoms with van der Waals surface area (Å²) in [7, 11) is 0. The molecule has 2 heterocycles. The van der Waals surface area contributed by atoms with Crippen LogP contribution in [0.15, 0.2) is 24.3 Å². The summed E-state index contributed by atoms with van der Waals surface area (Å²) in [5.41, 5.74) is 6.80. The second kappa shape index (κ2) is 4.17. The molecule has 2 saturated heterocycles. The van der Waals surface area contributed by atoms with Crippen LogP contribution in [0.5, 0.6) is 0 Å². The van der Waals surface area contributed by atoms with Gasteiger partial charge in [0, 0.05) is 24.2 Å². The summed E-state index contributed by atoms with van der Waals surface area (Å²) in [6.45, 7) is 1.91. The minimum atomic E-state index is -0.364. The molecule has 0 atom stereocenters. The maximum Gasteiger partial charge on any atom is 0.415 e. The minimum Gasteiger partial charge on any atom is -0.440 e. The van der Waals surface area contributed by atoms with Gasteiger partial charge in [0.25, 0.3) is 0 Å². The van der Waals surface area contributed by atoms with Crippen LogP contribution >= 0.6 is 0 Å². The van der Waals surface area contributed by atoms with E-state index in [1.165, 1.54) is 0 Å². The van der Waals surface area contributed by atoms with Crippen LogP contribution in [0.1, 0.15) is 12.8 Å². The molecule has 0 bridgehead atoms. The molecule has 1 aromatic rings. The molecule has 2 fully saturated rings. The van der Waals surface area contributed by atoms with Crippen molar-refractivity contribution in [2.75, 3.05) is 30.4 Å². The van der Waals surface area contributed by atoms with E-state index in [-0.39, 0.29) is 11.7 Å². The largest absolute Gasteiger partial charge is 0.440 e. The van der Waals surface area contributed by atoms with Crippen molar-refractivity contribution in [2.24, 2.45) is 0 Å². The van der Waals surface area contributed by atoms with E-state index in [1.54, 1.807) is 17.0 Å². The van der Waals surface area contributed by atoms with Crippen molar-refractivity contribution < 1.29 is 14.3 Å². The molecule has 0 unspecified atom stereocenters. The second-order valence-corrected chi connectivity index (χ2v) is 4.84. The van der Waals surface area contributed by atoms with Gasteiger partial charge in [-0.3, -0.25) is 4.90 Å². The molecule has 2 N–H and O–H groups in total. The van der Waals surface area contributed by atoms with Crippen molar-refractivity contribution in [3.05, 3.63) is 24.3 Å². The Morgan fingerprint density at radius 1 is 1.17 bits per heavy atom. The molecule has 18 heavy (non-hydrogen) atoms. The molecule has 1 amide bonds. The van der Waals surface area contributed by atoms with E-state index < -0.39 is 0 Å². The van der Waals surface area contributed by atoms with Crippen molar-refractivity contribution in [2.45, 2.75) is 18.4 Å². The van der Waals surface area contributed by atoms with E-state index in [4.69, 9.17) is 15.2 Å². The molecular weight excluding hydrogens is 232 g/mol. The Balaban J connectivity index is 1.82. The first-order valence-electron chi connectivity index (χ1n) is 6.12. The molecule has 0 saturated carbocycles. The number of rotatable bonds is 1. The van der Waals surface area contributed by atoms with E-state index >= 15 is 0 Å². The minimum absolute atomic E-state index is 0.276. The summed E-state index contributed by atoms with van der Waals surface area (Å²) in [6.07, 6.45) is 1.26. The lowest BCUT2D eigenvalue weighted by Crippen LogP contribution is -2.40. The number of nitrogens with zero attached hydrogens (tertiary/aromatic N) is 1. The fourth-order valence-corrected chi connectivity index (χ4v) is 2.48. The molecule has 2 aliphatic rings. The highest BCUT2D eigenvalue weighted by Crippen LogP contribution is 2.35. The third kappa shape index (κ3) is 1.90. The third-order valence-electron chi connectivity index (χ3n) is 3.58. The van der Waals surface area contributed by atoms with Gasteiger partial charge in [-0.1, -0.05) is 0 Å². The maximum absolute atomic E-state index is 12.0. The van der Waals surface area contributed by atoms with Gasteiger partial charge in [-0.2, -0.15) is 0 Å². The van der Waals surface area contributed by atoms with E-state index in [9.17, 15) is 4.79 Å². The fraction of sp³-hybridized carbons (Fsp3) is 0.462. The molecular formula is C13H16N2O3. The summed E-state index contributed by atoms with van der Waals surface area (Å²) >= 11 is 0. The molecule has 3 rings (SSSR count). The monoisotopic (exact) mass is 248 g/mol. The van der Waals surface area contributed by atoms with E-state index in [2.05, 4.69) is 0 Å². The summed E-state index contributed by atoms with van der Waals surface area (Å²) in [5, 5.41) is 0. The van der Waals surface area contributed by atoms with Gasteiger partial charge in [0.15, 0.2) is 0 Å². The Morgan fingerprint density at radius 3 is 2.50 bits per heavy atom. The predicted octanol–water partition coefficient (Wildman–Crippen LogP) is 1.77. The first kappa shape index (κ1) is 11.3. The number of ether oxygens (including phenoxy) is 2. The van der Waals surface area contributed by atoms with Gasteiger partial charge in [-0.05, 0) is 24.3 Å². The van der Waals surface area contributed by atoms with Crippen LogP contribution in [-0.4, -0.2) is 31.5 Å². The van der Waals surface area contributed by atoms with Gasteiger partial charge in [0.05, 0.1) is 19.8 Å². The first-order valence-corrected chi connectivity index (χ1v) is 6.12. The quantitative estimate of drug-likeness (QED) is 0.769. The van der Waals surface area contributed by atoms with Crippen LogP contribution in [0, 0.1) is 0 Å². The summed E-state index contributed by atoms with van der Waals surface area (Å²) in [5.74, 6) is 0. The van der Waals surface area contributed by atoms with Gasteiger partial charge in [0.2, 0.25) is 0 Å². The molecule has 1 spiro atoms. The number of nitrogen functional groups attached to an aromatic ring is 1. The summed E-state index contributed by atoms with van der Waals surface area (Å²) in [6, 6.07) is 7.26. The lowest BCUT2D eigenvalue weighted by atomic mass is 9.94. The summed E-state index contributed by atoms with van der Waals surface area (Å²) in [4.78, 5) is 13.6. The zero-order valence-electron chi connectivity index (χ0n) is 10.1. The SMILES string of the molecule is Nc1ccc(N2CC3(CCOCC3)OC2=O)cc1. The number of amides is 1. The Labute approximate surface area is 105 Å². The highest BCUT2D eigenvalue weighted by molar-refractivity contribution is 5.90. The molecule has 5 nitrogen and oxygen atoms in total. The van der Waals surface area contributed by atoms with Crippen LogP contribution in [0.3, 0.4) is 0 Å². The molecule has 0 aliphatic carbocycles. The highest BCUT2D eigenvalue weighted by Gasteiger charge is 2.46. The number of hydrogen-bond donors (Lipinski definition) is 1. The third-order valence-corrected chi connectivity index (χ3v) is 3.58. The number of carbonyl (C=O) groups is 1. The predicted molar refractivity (Wildman–Crippen MR) is 67.5 cm³/mol. The van der Waals surface area contributed by atoms with Crippen LogP contribution in [0.25, 0.3) is 0 Å². The van der Waals surface area contributed by atoms with Crippen molar-refractivity contribution >= 4 is 17.5 Å². The van der Waals surface area contributed by atoms with Crippen LogP contribution < -0.4 is 10.6 Å². The van der Waals surface area contributed by atoms with E-state index in [1.807, 2.05) is 12.1 Å². The number of hydrogen-bond acceptors (Lipinski definition) is 4. The molecule has 2 aliphatic heterocycles. The molecule has 96 valence electrons. The van der Waals surface area contributed by atoms with Crippen LogP contribution in [0.4, 0.5) is 16.2 Å². The number of carbonyl (C=O) groups excluding carboxylic acids is 1. The number of benzene rings is 1. The van der Waals surface area contributed by atoms with E-state index in [0.29, 0.717) is 25.4 Å². The number of anilines is 2. The zero-order chi connectivity index (χ0) is 12.6.